The van der Waals surface area contributed by atoms with Gasteiger partial charge in [-0.1, -0.05) is 29.9 Å². The van der Waals surface area contributed by atoms with E-state index in [0.29, 0.717) is 26.9 Å². The third-order valence-electron chi connectivity index (χ3n) is 2.67. The molecule has 0 radical (unpaired) electrons. The predicted octanol–water partition coefficient (Wildman–Crippen LogP) is 3.55. The summed E-state index contributed by atoms with van der Waals surface area (Å²) in [6, 6.07) is 4.97. The number of aromatic nitrogens is 2. The van der Waals surface area contributed by atoms with E-state index in [2.05, 4.69) is 9.59 Å². The first kappa shape index (κ1) is 14.0. The topological polar surface area (TPSA) is 52.1 Å². The van der Waals surface area contributed by atoms with Crippen LogP contribution in [0.15, 0.2) is 18.2 Å². The van der Waals surface area contributed by atoms with Crippen LogP contribution in [0.2, 0.25) is 5.02 Å². The molecule has 0 bridgehead atoms. The minimum Gasteiger partial charge on any atom is -0.496 e. The molecular formula is C13H13ClN2O2S. The van der Waals surface area contributed by atoms with Crippen molar-refractivity contribution in [2.45, 2.75) is 19.8 Å². The van der Waals surface area contributed by atoms with Crippen molar-refractivity contribution < 1.29 is 9.53 Å². The molecule has 1 heterocycles. The maximum absolute atomic E-state index is 12.6. The average molecular weight is 297 g/mol. The molecule has 0 atom stereocenters. The highest BCUT2D eigenvalue weighted by molar-refractivity contribution is 7.08. The number of carbonyl (C=O) groups is 1. The van der Waals surface area contributed by atoms with Gasteiger partial charge in [0.2, 0.25) is 5.78 Å². The lowest BCUT2D eigenvalue weighted by molar-refractivity contribution is 0.103. The Morgan fingerprint density at radius 2 is 2.16 bits per heavy atom. The number of hydrogen-bond acceptors (Lipinski definition) is 5. The normalized spacial score (nSPS) is 10.8. The number of ether oxygens (including phenoxy) is 1. The van der Waals surface area contributed by atoms with E-state index in [4.69, 9.17) is 16.3 Å². The van der Waals surface area contributed by atoms with Crippen molar-refractivity contribution in [2.75, 3.05) is 7.11 Å². The Kier molecular flexibility index (Phi) is 4.17. The fourth-order valence-electron chi connectivity index (χ4n) is 1.71. The Morgan fingerprint density at radius 3 is 2.79 bits per heavy atom. The van der Waals surface area contributed by atoms with Crippen LogP contribution in [-0.4, -0.2) is 22.5 Å². The van der Waals surface area contributed by atoms with Crippen molar-refractivity contribution in [2.24, 2.45) is 0 Å². The van der Waals surface area contributed by atoms with Crippen LogP contribution in [0, 0.1) is 0 Å². The van der Waals surface area contributed by atoms with Gasteiger partial charge in [0.1, 0.15) is 10.6 Å². The largest absolute Gasteiger partial charge is 0.496 e. The molecule has 6 heteroatoms. The van der Waals surface area contributed by atoms with E-state index < -0.39 is 0 Å². The Morgan fingerprint density at radius 1 is 1.42 bits per heavy atom. The zero-order valence-electron chi connectivity index (χ0n) is 10.8. The van der Waals surface area contributed by atoms with Gasteiger partial charge in [0, 0.05) is 5.02 Å². The zero-order valence-corrected chi connectivity index (χ0v) is 12.4. The van der Waals surface area contributed by atoms with Crippen molar-refractivity contribution in [3.8, 4) is 5.75 Å². The number of rotatable bonds is 4. The molecule has 2 aromatic rings. The summed E-state index contributed by atoms with van der Waals surface area (Å²) in [5.74, 6) is 0.485. The fraction of sp³-hybridized carbons (Fsp3) is 0.308. The molecule has 4 nitrogen and oxygen atoms in total. The first-order valence-corrected chi connectivity index (χ1v) is 6.90. The summed E-state index contributed by atoms with van der Waals surface area (Å²) in [6.07, 6.45) is 0. The molecule has 0 saturated carbocycles. The van der Waals surface area contributed by atoms with Crippen LogP contribution >= 0.6 is 23.1 Å². The maximum atomic E-state index is 12.6. The highest BCUT2D eigenvalue weighted by Crippen LogP contribution is 2.29. The van der Waals surface area contributed by atoms with Crippen LogP contribution in [0.3, 0.4) is 0 Å². The van der Waals surface area contributed by atoms with Crippen molar-refractivity contribution in [3.63, 3.8) is 0 Å². The van der Waals surface area contributed by atoms with E-state index in [9.17, 15) is 4.79 Å². The summed E-state index contributed by atoms with van der Waals surface area (Å²) in [5.41, 5.74) is 1.14. The molecule has 0 unspecified atom stereocenters. The average Bonchev–Trinajstić information content (AvgIpc) is 2.87. The lowest BCUT2D eigenvalue weighted by Crippen LogP contribution is -2.06. The first-order chi connectivity index (χ1) is 9.04. The van der Waals surface area contributed by atoms with Gasteiger partial charge in [-0.2, -0.15) is 0 Å². The number of ketones is 1. The molecule has 1 aromatic carbocycles. The van der Waals surface area contributed by atoms with Gasteiger partial charge in [-0.3, -0.25) is 4.79 Å². The van der Waals surface area contributed by atoms with Crippen LogP contribution < -0.4 is 4.74 Å². The van der Waals surface area contributed by atoms with Gasteiger partial charge in [-0.05, 0) is 35.6 Å². The van der Waals surface area contributed by atoms with E-state index in [1.165, 1.54) is 7.11 Å². The number of carbonyl (C=O) groups excluding carboxylic acids is 1. The lowest BCUT2D eigenvalue weighted by atomic mass is 10.0. The molecule has 0 aliphatic carbocycles. The molecule has 100 valence electrons. The molecule has 0 aliphatic heterocycles. The van der Waals surface area contributed by atoms with Crippen molar-refractivity contribution in [3.05, 3.63) is 39.4 Å². The van der Waals surface area contributed by atoms with Crippen molar-refractivity contribution in [1.82, 2.24) is 9.59 Å². The quantitative estimate of drug-likeness (QED) is 0.810. The van der Waals surface area contributed by atoms with Crippen LogP contribution in [0.4, 0.5) is 0 Å². The first-order valence-electron chi connectivity index (χ1n) is 5.75. The molecule has 0 amide bonds. The van der Waals surface area contributed by atoms with E-state index >= 15 is 0 Å². The molecule has 1 aromatic heterocycles. The van der Waals surface area contributed by atoms with E-state index in [1.807, 2.05) is 13.8 Å². The van der Waals surface area contributed by atoms with Gasteiger partial charge in [0.25, 0.3) is 0 Å². The SMILES string of the molecule is COc1ccc(Cl)cc1C(=O)c1snnc1C(C)C. The van der Waals surface area contributed by atoms with Crippen LogP contribution in [0.25, 0.3) is 0 Å². The highest BCUT2D eigenvalue weighted by Gasteiger charge is 2.22. The second-order valence-electron chi connectivity index (χ2n) is 4.32. The van der Waals surface area contributed by atoms with Gasteiger partial charge < -0.3 is 4.74 Å². The third kappa shape index (κ3) is 2.77. The monoisotopic (exact) mass is 296 g/mol. The molecule has 0 spiro atoms. The molecule has 0 saturated heterocycles. The lowest BCUT2D eigenvalue weighted by Gasteiger charge is -2.08. The van der Waals surface area contributed by atoms with Crippen LogP contribution in [0.1, 0.15) is 40.7 Å². The Hall–Kier alpha value is -1.46. The zero-order chi connectivity index (χ0) is 14.0. The number of methoxy groups -OCH3 is 1. The standard InChI is InChI=1S/C13H13ClN2O2S/c1-7(2)11-13(19-16-15-11)12(17)9-6-8(14)4-5-10(9)18-3/h4-7H,1-3H3. The van der Waals surface area contributed by atoms with Crippen LogP contribution in [0.5, 0.6) is 5.75 Å². The maximum Gasteiger partial charge on any atom is 0.210 e. The minimum atomic E-state index is -0.155. The summed E-state index contributed by atoms with van der Waals surface area (Å²) >= 11 is 7.04. The number of hydrogen-bond donors (Lipinski definition) is 0. The van der Waals surface area contributed by atoms with Gasteiger partial charge >= 0.3 is 0 Å². The van der Waals surface area contributed by atoms with Gasteiger partial charge in [-0.25, -0.2) is 0 Å². The predicted molar refractivity (Wildman–Crippen MR) is 75.4 cm³/mol. The smallest absolute Gasteiger partial charge is 0.210 e. The summed E-state index contributed by atoms with van der Waals surface area (Å²) in [6.45, 7) is 3.95. The van der Waals surface area contributed by atoms with E-state index in [1.54, 1.807) is 18.2 Å². The third-order valence-corrected chi connectivity index (χ3v) is 3.65. The summed E-state index contributed by atoms with van der Waals surface area (Å²) in [4.78, 5) is 13.1. The van der Waals surface area contributed by atoms with Crippen molar-refractivity contribution in [1.29, 1.82) is 0 Å². The van der Waals surface area contributed by atoms with E-state index in [0.717, 1.165) is 11.5 Å². The van der Waals surface area contributed by atoms with Crippen molar-refractivity contribution >= 4 is 28.9 Å². The number of halogens is 1. The summed E-state index contributed by atoms with van der Waals surface area (Å²) in [5, 5.41) is 4.51. The number of nitrogens with zero attached hydrogens (tertiary/aromatic N) is 2. The second kappa shape index (κ2) is 5.67. The molecule has 2 rings (SSSR count). The van der Waals surface area contributed by atoms with Gasteiger partial charge in [-0.15, -0.1) is 5.10 Å². The molecule has 19 heavy (non-hydrogen) atoms. The number of benzene rings is 1. The highest BCUT2D eigenvalue weighted by atomic mass is 35.5. The Balaban J connectivity index is 2.49. The summed E-state index contributed by atoms with van der Waals surface area (Å²) < 4.78 is 9.07. The fourth-order valence-corrected chi connectivity index (χ4v) is 2.66. The Labute approximate surface area is 120 Å². The van der Waals surface area contributed by atoms with Gasteiger partial charge in [0.15, 0.2) is 0 Å². The molecule has 0 fully saturated rings. The Bertz CT molecular complexity index is 610. The molecular weight excluding hydrogens is 284 g/mol. The summed E-state index contributed by atoms with van der Waals surface area (Å²) in [7, 11) is 1.52. The molecule has 0 N–H and O–H groups in total. The van der Waals surface area contributed by atoms with Crippen LogP contribution in [-0.2, 0) is 0 Å². The van der Waals surface area contributed by atoms with E-state index in [-0.39, 0.29) is 11.7 Å². The molecule has 0 aliphatic rings. The van der Waals surface area contributed by atoms with Gasteiger partial charge in [0.05, 0.1) is 18.4 Å². The second-order valence-corrected chi connectivity index (χ2v) is 5.51. The minimum absolute atomic E-state index is 0.142.